The second-order valence-electron chi connectivity index (χ2n) is 8.41. The number of hydrogen-bond donors (Lipinski definition) is 1. The number of halogens is 2. The molecule has 0 aromatic heterocycles. The highest BCUT2D eigenvalue weighted by molar-refractivity contribution is 6.33. The zero-order chi connectivity index (χ0) is 23.5. The molecule has 7 nitrogen and oxygen atoms in total. The third-order valence-corrected chi connectivity index (χ3v) is 5.11. The minimum absolute atomic E-state index is 0.0635. The fourth-order valence-corrected chi connectivity index (χ4v) is 3.49. The monoisotopic (exact) mass is 461 g/mol. The zero-order valence-electron chi connectivity index (χ0n) is 18.2. The molecule has 1 N–H and O–H groups in total. The summed E-state index contributed by atoms with van der Waals surface area (Å²) in [7, 11) is 0. The van der Waals surface area contributed by atoms with Crippen LogP contribution in [0.1, 0.15) is 41.5 Å². The number of benzene rings is 2. The first-order valence-electron chi connectivity index (χ1n) is 10.2. The van der Waals surface area contributed by atoms with Crippen molar-refractivity contribution in [1.82, 2.24) is 9.80 Å². The van der Waals surface area contributed by atoms with Crippen molar-refractivity contribution in [3.05, 3.63) is 64.4 Å². The van der Waals surface area contributed by atoms with Gasteiger partial charge in [0.15, 0.2) is 0 Å². The van der Waals surface area contributed by atoms with E-state index in [-0.39, 0.29) is 22.4 Å². The van der Waals surface area contributed by atoms with Crippen LogP contribution in [-0.2, 0) is 4.74 Å². The third-order valence-electron chi connectivity index (χ3n) is 4.79. The Balaban J connectivity index is 1.56. The Kier molecular flexibility index (Phi) is 7.03. The van der Waals surface area contributed by atoms with E-state index < -0.39 is 17.5 Å². The van der Waals surface area contributed by atoms with Crippen LogP contribution >= 0.6 is 11.6 Å². The lowest BCUT2D eigenvalue weighted by molar-refractivity contribution is 0.0535. The third kappa shape index (κ3) is 5.97. The average molecular weight is 462 g/mol. The Morgan fingerprint density at radius 3 is 2.03 bits per heavy atom. The van der Waals surface area contributed by atoms with Crippen LogP contribution in [0.3, 0.4) is 0 Å². The van der Waals surface area contributed by atoms with Gasteiger partial charge in [0.1, 0.15) is 11.4 Å². The summed E-state index contributed by atoms with van der Waals surface area (Å²) in [6.45, 7) is 6.73. The van der Waals surface area contributed by atoms with Gasteiger partial charge in [-0.05, 0) is 63.2 Å². The summed E-state index contributed by atoms with van der Waals surface area (Å²) in [5.41, 5.74) is 0.621. The Bertz CT molecular complexity index is 1010. The van der Waals surface area contributed by atoms with Crippen molar-refractivity contribution < 1.29 is 23.5 Å². The van der Waals surface area contributed by atoms with E-state index in [1.807, 2.05) is 0 Å². The molecule has 9 heteroatoms. The number of ether oxygens (including phenoxy) is 1. The first kappa shape index (κ1) is 23.5. The van der Waals surface area contributed by atoms with E-state index in [0.717, 1.165) is 6.07 Å². The van der Waals surface area contributed by atoms with Crippen LogP contribution in [0.4, 0.5) is 14.9 Å². The summed E-state index contributed by atoms with van der Waals surface area (Å²) in [5.74, 6) is -0.963. The molecule has 1 saturated heterocycles. The number of nitrogens with one attached hydrogen (secondary N) is 1. The van der Waals surface area contributed by atoms with Crippen LogP contribution in [0.15, 0.2) is 42.5 Å². The van der Waals surface area contributed by atoms with Crippen molar-refractivity contribution in [2.45, 2.75) is 26.4 Å². The normalized spacial score (nSPS) is 14.2. The van der Waals surface area contributed by atoms with Crippen molar-refractivity contribution in [3.8, 4) is 0 Å². The Morgan fingerprint density at radius 2 is 1.50 bits per heavy atom. The van der Waals surface area contributed by atoms with Gasteiger partial charge in [-0.15, -0.1) is 0 Å². The second-order valence-corrected chi connectivity index (χ2v) is 8.82. The molecule has 2 aromatic carbocycles. The smallest absolute Gasteiger partial charge is 0.412 e. The molecular formula is C23H25ClFN3O4. The molecule has 32 heavy (non-hydrogen) atoms. The average Bonchev–Trinajstić information content (AvgIpc) is 2.72. The van der Waals surface area contributed by atoms with Gasteiger partial charge in [0.05, 0.1) is 10.6 Å². The molecule has 1 aliphatic heterocycles. The number of anilines is 1. The number of amides is 3. The van der Waals surface area contributed by atoms with Gasteiger partial charge in [0.25, 0.3) is 11.8 Å². The lowest BCUT2D eigenvalue weighted by Gasteiger charge is -2.35. The summed E-state index contributed by atoms with van der Waals surface area (Å²) in [6, 6.07) is 10.2. The van der Waals surface area contributed by atoms with E-state index in [2.05, 4.69) is 5.32 Å². The highest BCUT2D eigenvalue weighted by Crippen LogP contribution is 2.21. The number of piperazine rings is 1. The van der Waals surface area contributed by atoms with Gasteiger partial charge in [-0.25, -0.2) is 9.18 Å². The maximum Gasteiger partial charge on any atom is 0.412 e. The van der Waals surface area contributed by atoms with E-state index >= 15 is 0 Å². The summed E-state index contributed by atoms with van der Waals surface area (Å²) >= 11 is 5.99. The molecule has 0 unspecified atom stereocenters. The minimum Gasteiger partial charge on any atom is -0.444 e. The Morgan fingerprint density at radius 1 is 0.938 bits per heavy atom. The molecule has 0 aliphatic carbocycles. The summed E-state index contributed by atoms with van der Waals surface area (Å²) in [6.07, 6.45) is -0.571. The van der Waals surface area contributed by atoms with Gasteiger partial charge in [0, 0.05) is 37.4 Å². The Hall–Kier alpha value is -3.13. The number of nitrogens with zero attached hydrogens (tertiary/aromatic N) is 2. The van der Waals surface area contributed by atoms with Gasteiger partial charge in [0.2, 0.25) is 0 Å². The maximum absolute atomic E-state index is 13.2. The van der Waals surface area contributed by atoms with Gasteiger partial charge < -0.3 is 14.5 Å². The van der Waals surface area contributed by atoms with Crippen molar-refractivity contribution in [2.75, 3.05) is 31.5 Å². The van der Waals surface area contributed by atoms with Crippen LogP contribution in [0.25, 0.3) is 0 Å². The van der Waals surface area contributed by atoms with E-state index in [0.29, 0.717) is 37.4 Å². The molecule has 1 heterocycles. The number of carbonyl (C=O) groups is 3. The van der Waals surface area contributed by atoms with E-state index in [4.69, 9.17) is 16.3 Å². The first-order chi connectivity index (χ1) is 15.0. The largest absolute Gasteiger partial charge is 0.444 e. The van der Waals surface area contributed by atoms with Crippen molar-refractivity contribution in [2.24, 2.45) is 0 Å². The van der Waals surface area contributed by atoms with Crippen molar-refractivity contribution >= 4 is 35.2 Å². The number of carbonyl (C=O) groups excluding carboxylic acids is 3. The highest BCUT2D eigenvalue weighted by atomic mass is 35.5. The molecule has 0 atom stereocenters. The Labute approximate surface area is 191 Å². The molecular weight excluding hydrogens is 437 g/mol. The molecule has 170 valence electrons. The molecule has 0 radical (unpaired) electrons. The lowest BCUT2D eigenvalue weighted by Crippen LogP contribution is -2.50. The molecule has 0 spiro atoms. The summed E-state index contributed by atoms with van der Waals surface area (Å²) < 4.78 is 18.4. The predicted molar refractivity (Wildman–Crippen MR) is 120 cm³/mol. The molecule has 0 bridgehead atoms. The number of rotatable bonds is 3. The molecule has 2 aromatic rings. The van der Waals surface area contributed by atoms with Crippen LogP contribution in [0, 0.1) is 5.82 Å². The highest BCUT2D eigenvalue weighted by Gasteiger charge is 2.26. The van der Waals surface area contributed by atoms with Crippen molar-refractivity contribution in [1.29, 1.82) is 0 Å². The fraction of sp³-hybridized carbons (Fsp3) is 0.348. The van der Waals surface area contributed by atoms with Crippen LogP contribution < -0.4 is 5.32 Å². The standard InChI is InChI=1S/C23H25ClFN3O4/c1-23(2,3)32-22(31)26-17-7-4-15(5-8-17)20(29)27-10-12-28(13-11-27)21(30)18-9-6-16(25)14-19(18)24/h4-9,14H,10-13H2,1-3H3,(H,26,31). The van der Waals surface area contributed by atoms with Gasteiger partial charge in [-0.3, -0.25) is 14.9 Å². The van der Waals surface area contributed by atoms with Crippen LogP contribution in [-0.4, -0.2) is 59.5 Å². The number of hydrogen-bond acceptors (Lipinski definition) is 4. The van der Waals surface area contributed by atoms with Crippen molar-refractivity contribution in [3.63, 3.8) is 0 Å². The molecule has 1 aliphatic rings. The SMILES string of the molecule is CC(C)(C)OC(=O)Nc1ccc(C(=O)N2CCN(C(=O)c3ccc(F)cc3Cl)CC2)cc1. The van der Waals surface area contributed by atoms with E-state index in [9.17, 15) is 18.8 Å². The fourth-order valence-electron chi connectivity index (χ4n) is 3.25. The van der Waals surface area contributed by atoms with Gasteiger partial charge in [-0.1, -0.05) is 11.6 Å². The summed E-state index contributed by atoms with van der Waals surface area (Å²) in [4.78, 5) is 40.6. The zero-order valence-corrected chi connectivity index (χ0v) is 18.9. The molecule has 0 saturated carbocycles. The quantitative estimate of drug-likeness (QED) is 0.733. The topological polar surface area (TPSA) is 79.0 Å². The molecule has 3 amide bonds. The molecule has 3 rings (SSSR count). The lowest BCUT2D eigenvalue weighted by atomic mass is 10.1. The van der Waals surface area contributed by atoms with E-state index in [1.165, 1.54) is 12.1 Å². The van der Waals surface area contributed by atoms with Gasteiger partial charge in [-0.2, -0.15) is 0 Å². The predicted octanol–water partition coefficient (Wildman–Crippen LogP) is 4.42. The van der Waals surface area contributed by atoms with Gasteiger partial charge >= 0.3 is 6.09 Å². The minimum atomic E-state index is -0.606. The second kappa shape index (κ2) is 9.56. The maximum atomic E-state index is 13.2. The van der Waals surface area contributed by atoms with Crippen LogP contribution in [0.5, 0.6) is 0 Å². The van der Waals surface area contributed by atoms with Crippen LogP contribution in [0.2, 0.25) is 5.02 Å². The van der Waals surface area contributed by atoms with E-state index in [1.54, 1.807) is 54.8 Å². The molecule has 1 fully saturated rings. The first-order valence-corrected chi connectivity index (χ1v) is 10.5. The summed E-state index contributed by atoms with van der Waals surface area (Å²) in [5, 5.41) is 2.69.